The van der Waals surface area contributed by atoms with Gasteiger partial charge in [-0.2, -0.15) is 0 Å². The van der Waals surface area contributed by atoms with Crippen molar-refractivity contribution >= 4 is 11.7 Å². The van der Waals surface area contributed by atoms with E-state index in [-0.39, 0.29) is 5.91 Å². The van der Waals surface area contributed by atoms with Crippen molar-refractivity contribution in [2.24, 2.45) is 5.92 Å². The molecule has 2 aromatic heterocycles. The molecule has 110 valence electrons. The number of aromatic nitrogens is 3. The van der Waals surface area contributed by atoms with E-state index in [2.05, 4.69) is 14.9 Å². The zero-order valence-corrected chi connectivity index (χ0v) is 12.1. The van der Waals surface area contributed by atoms with E-state index in [4.69, 9.17) is 0 Å². The minimum atomic E-state index is 0.0806. The van der Waals surface area contributed by atoms with Gasteiger partial charge >= 0.3 is 0 Å². The Kier molecular flexibility index (Phi) is 3.13. The molecule has 5 heteroatoms. The summed E-state index contributed by atoms with van der Waals surface area (Å²) in [6, 6.07) is 2.28. The van der Waals surface area contributed by atoms with Crippen LogP contribution in [0, 0.1) is 5.92 Å². The first kappa shape index (κ1) is 12.8. The average Bonchev–Trinajstić information content (AvgIpc) is 2.97. The normalized spacial score (nSPS) is 25.8. The number of amides is 1. The Morgan fingerprint density at radius 1 is 1.19 bits per heavy atom. The van der Waals surface area contributed by atoms with E-state index in [0.29, 0.717) is 23.4 Å². The van der Waals surface area contributed by atoms with Crippen LogP contribution in [0.25, 0.3) is 5.78 Å². The lowest BCUT2D eigenvalue weighted by Crippen LogP contribution is -2.49. The van der Waals surface area contributed by atoms with E-state index in [1.165, 1.54) is 25.7 Å². The molecular formula is C16H20N4O. The quantitative estimate of drug-likeness (QED) is 0.808. The molecule has 1 amide bonds. The largest absolute Gasteiger partial charge is 0.334 e. The van der Waals surface area contributed by atoms with Crippen LogP contribution in [0.1, 0.15) is 49.0 Å². The predicted octanol–water partition coefficient (Wildman–Crippen LogP) is 2.52. The summed E-state index contributed by atoms with van der Waals surface area (Å²) in [5, 5.41) is 0. The fraction of sp³-hybridized carbons (Fsp3) is 0.562. The summed E-state index contributed by atoms with van der Waals surface area (Å²) in [5.74, 6) is 1.38. The number of hydrogen-bond donors (Lipinski definition) is 0. The van der Waals surface area contributed by atoms with Crippen molar-refractivity contribution in [3.8, 4) is 0 Å². The lowest BCUT2D eigenvalue weighted by atomic mass is 9.78. The summed E-state index contributed by atoms with van der Waals surface area (Å²) in [4.78, 5) is 23.5. The first-order valence-electron chi connectivity index (χ1n) is 7.93. The van der Waals surface area contributed by atoms with Gasteiger partial charge in [-0.1, -0.05) is 12.8 Å². The van der Waals surface area contributed by atoms with Crippen molar-refractivity contribution in [2.75, 3.05) is 6.54 Å². The fourth-order valence-electron chi connectivity index (χ4n) is 3.96. The number of carbonyl (C=O) groups excluding carboxylic acids is 1. The summed E-state index contributed by atoms with van der Waals surface area (Å²) in [7, 11) is 0. The van der Waals surface area contributed by atoms with Crippen molar-refractivity contribution in [3.05, 3.63) is 30.4 Å². The van der Waals surface area contributed by atoms with Crippen LogP contribution in [0.3, 0.4) is 0 Å². The maximum atomic E-state index is 12.8. The van der Waals surface area contributed by atoms with Gasteiger partial charge in [0.25, 0.3) is 5.91 Å². The van der Waals surface area contributed by atoms with Gasteiger partial charge in [0, 0.05) is 31.2 Å². The van der Waals surface area contributed by atoms with Gasteiger partial charge in [0.2, 0.25) is 5.78 Å². The Bertz CT molecular complexity index is 630. The van der Waals surface area contributed by atoms with E-state index < -0.39 is 0 Å². The zero-order chi connectivity index (χ0) is 14.2. The number of carbonyl (C=O) groups is 1. The third-order valence-electron chi connectivity index (χ3n) is 4.96. The SMILES string of the molecule is O=C(c1cn2cccnc2n1)N1CCC[C@H]2CCCC[C@@H]21. The number of rotatable bonds is 1. The maximum Gasteiger partial charge on any atom is 0.274 e. The molecule has 0 radical (unpaired) electrons. The van der Waals surface area contributed by atoms with Crippen LogP contribution in [0.5, 0.6) is 0 Å². The van der Waals surface area contributed by atoms with Crippen LogP contribution >= 0.6 is 0 Å². The number of nitrogens with zero attached hydrogens (tertiary/aromatic N) is 4. The first-order valence-corrected chi connectivity index (χ1v) is 7.93. The molecule has 21 heavy (non-hydrogen) atoms. The van der Waals surface area contributed by atoms with E-state index >= 15 is 0 Å². The molecule has 0 aromatic carbocycles. The summed E-state index contributed by atoms with van der Waals surface area (Å²) in [6.07, 6.45) is 12.8. The molecule has 2 fully saturated rings. The summed E-state index contributed by atoms with van der Waals surface area (Å²) in [6.45, 7) is 0.876. The Hall–Kier alpha value is -1.91. The molecule has 2 atom stereocenters. The van der Waals surface area contributed by atoms with E-state index in [1.54, 1.807) is 12.4 Å². The molecule has 1 aliphatic carbocycles. The molecule has 0 bridgehead atoms. The predicted molar refractivity (Wildman–Crippen MR) is 79.0 cm³/mol. The van der Waals surface area contributed by atoms with Gasteiger partial charge in [-0.15, -0.1) is 0 Å². The van der Waals surface area contributed by atoms with E-state index in [1.807, 2.05) is 16.7 Å². The van der Waals surface area contributed by atoms with Gasteiger partial charge in [0.05, 0.1) is 0 Å². The molecule has 2 aromatic rings. The van der Waals surface area contributed by atoms with Crippen LogP contribution in [-0.2, 0) is 0 Å². The van der Waals surface area contributed by atoms with Crippen LogP contribution in [0.2, 0.25) is 0 Å². The Morgan fingerprint density at radius 2 is 2.05 bits per heavy atom. The highest BCUT2D eigenvalue weighted by atomic mass is 16.2. The summed E-state index contributed by atoms with van der Waals surface area (Å²) in [5.41, 5.74) is 0.528. The van der Waals surface area contributed by atoms with Gasteiger partial charge < -0.3 is 4.90 Å². The number of likely N-dealkylation sites (tertiary alicyclic amines) is 1. The highest BCUT2D eigenvalue weighted by Gasteiger charge is 2.36. The fourth-order valence-corrected chi connectivity index (χ4v) is 3.96. The van der Waals surface area contributed by atoms with Crippen molar-refractivity contribution in [2.45, 2.75) is 44.6 Å². The molecule has 1 saturated heterocycles. The smallest absolute Gasteiger partial charge is 0.274 e. The van der Waals surface area contributed by atoms with Crippen molar-refractivity contribution in [3.63, 3.8) is 0 Å². The molecule has 1 saturated carbocycles. The third-order valence-corrected chi connectivity index (χ3v) is 4.96. The molecule has 0 unspecified atom stereocenters. The van der Waals surface area contributed by atoms with Crippen LogP contribution in [-0.4, -0.2) is 37.8 Å². The standard InChI is InChI=1S/C16H20N4O/c21-15(13-11-19-9-4-8-17-16(19)18-13)20-10-3-6-12-5-1-2-7-14(12)20/h4,8-9,11-12,14H,1-3,5-7,10H2/t12-,14+/m1/s1. The maximum absolute atomic E-state index is 12.8. The molecule has 0 N–H and O–H groups in total. The number of hydrogen-bond acceptors (Lipinski definition) is 3. The minimum absolute atomic E-state index is 0.0806. The van der Waals surface area contributed by atoms with Crippen molar-refractivity contribution in [1.29, 1.82) is 0 Å². The van der Waals surface area contributed by atoms with Crippen LogP contribution in [0.15, 0.2) is 24.7 Å². The lowest BCUT2D eigenvalue weighted by molar-refractivity contribution is 0.0386. The first-order chi connectivity index (χ1) is 10.3. The lowest BCUT2D eigenvalue weighted by Gasteiger charge is -2.43. The second-order valence-corrected chi connectivity index (χ2v) is 6.21. The Labute approximate surface area is 124 Å². The topological polar surface area (TPSA) is 50.5 Å². The van der Waals surface area contributed by atoms with Gasteiger partial charge in [0.15, 0.2) is 0 Å². The molecule has 4 rings (SSSR count). The Morgan fingerprint density at radius 3 is 2.95 bits per heavy atom. The highest BCUT2D eigenvalue weighted by molar-refractivity contribution is 5.93. The number of fused-ring (bicyclic) bond motifs is 2. The zero-order valence-electron chi connectivity index (χ0n) is 12.1. The van der Waals surface area contributed by atoms with Crippen LogP contribution in [0.4, 0.5) is 0 Å². The van der Waals surface area contributed by atoms with E-state index in [9.17, 15) is 4.79 Å². The minimum Gasteiger partial charge on any atom is -0.334 e. The molecule has 2 aliphatic rings. The number of imidazole rings is 1. The van der Waals surface area contributed by atoms with Crippen molar-refractivity contribution < 1.29 is 4.79 Å². The number of piperidine rings is 1. The van der Waals surface area contributed by atoms with E-state index in [0.717, 1.165) is 19.4 Å². The molecule has 1 aliphatic heterocycles. The van der Waals surface area contributed by atoms with Crippen molar-refractivity contribution in [1.82, 2.24) is 19.3 Å². The van der Waals surface area contributed by atoms with Gasteiger partial charge in [0.1, 0.15) is 5.69 Å². The molecule has 5 nitrogen and oxygen atoms in total. The monoisotopic (exact) mass is 284 g/mol. The molecular weight excluding hydrogens is 264 g/mol. The molecule has 0 spiro atoms. The molecule has 3 heterocycles. The highest BCUT2D eigenvalue weighted by Crippen LogP contribution is 2.35. The van der Waals surface area contributed by atoms with Gasteiger partial charge in [-0.3, -0.25) is 9.20 Å². The average molecular weight is 284 g/mol. The van der Waals surface area contributed by atoms with Crippen LogP contribution < -0.4 is 0 Å². The summed E-state index contributed by atoms with van der Waals surface area (Å²) < 4.78 is 1.82. The summed E-state index contributed by atoms with van der Waals surface area (Å²) >= 11 is 0. The van der Waals surface area contributed by atoms with Gasteiger partial charge in [-0.05, 0) is 37.7 Å². The third kappa shape index (κ3) is 2.20. The van der Waals surface area contributed by atoms with Gasteiger partial charge in [-0.25, -0.2) is 9.97 Å². The second kappa shape index (κ2) is 5.13. The second-order valence-electron chi connectivity index (χ2n) is 6.21. The Balaban J connectivity index is 1.63.